The Morgan fingerprint density at radius 3 is 2.88 bits per heavy atom. The van der Waals surface area contributed by atoms with Gasteiger partial charge in [-0.25, -0.2) is 4.98 Å². The summed E-state index contributed by atoms with van der Waals surface area (Å²) in [6.07, 6.45) is 1.41. The van der Waals surface area contributed by atoms with Crippen molar-refractivity contribution < 1.29 is 14.6 Å². The molecule has 0 bridgehead atoms. The minimum atomic E-state index is -0.771. The molecule has 0 atom stereocenters. The first-order chi connectivity index (χ1) is 12.1. The zero-order valence-corrected chi connectivity index (χ0v) is 15.6. The number of benzene rings is 1. The van der Waals surface area contributed by atoms with Crippen LogP contribution in [0, 0.1) is 0 Å². The number of ether oxygens (including phenoxy) is 1. The van der Waals surface area contributed by atoms with Crippen LogP contribution in [0.3, 0.4) is 0 Å². The average molecular weight is 368 g/mol. The Hall–Kier alpha value is -1.79. The number of carboxylic acids is 1. The first kappa shape index (κ1) is 19.5. The van der Waals surface area contributed by atoms with E-state index in [1.54, 1.807) is 0 Å². The van der Waals surface area contributed by atoms with Crippen LogP contribution in [-0.2, 0) is 23.0 Å². The predicted octanol–water partition coefficient (Wildman–Crippen LogP) is 3.06. The number of hydrogen-bond donors (Lipinski definition) is 1. The SMILES string of the molecule is CCOCCN(CCCl)c1ccc2c(c1)nc(CCCC(=O)O)n2C. The van der Waals surface area contributed by atoms with E-state index in [0.29, 0.717) is 31.9 Å². The summed E-state index contributed by atoms with van der Waals surface area (Å²) in [5.41, 5.74) is 3.04. The fourth-order valence-electron chi connectivity index (χ4n) is 2.85. The van der Waals surface area contributed by atoms with Gasteiger partial charge >= 0.3 is 5.97 Å². The number of carboxylic acid groups (broad SMARTS) is 1. The number of fused-ring (bicyclic) bond motifs is 1. The molecule has 0 spiro atoms. The van der Waals surface area contributed by atoms with Crippen molar-refractivity contribution in [1.82, 2.24) is 9.55 Å². The van der Waals surface area contributed by atoms with Gasteiger partial charge in [-0.2, -0.15) is 0 Å². The number of halogens is 1. The monoisotopic (exact) mass is 367 g/mol. The van der Waals surface area contributed by atoms with E-state index < -0.39 is 5.97 Å². The summed E-state index contributed by atoms with van der Waals surface area (Å²) < 4.78 is 7.49. The molecule has 1 N–H and O–H groups in total. The van der Waals surface area contributed by atoms with Crippen molar-refractivity contribution in [3.63, 3.8) is 0 Å². The van der Waals surface area contributed by atoms with Gasteiger partial charge in [0.05, 0.1) is 17.6 Å². The van der Waals surface area contributed by atoms with Crippen molar-refractivity contribution in [3.05, 3.63) is 24.0 Å². The second kappa shape index (κ2) is 9.63. The summed E-state index contributed by atoms with van der Waals surface area (Å²) in [5.74, 6) is 0.686. The van der Waals surface area contributed by atoms with Crippen molar-refractivity contribution in [2.24, 2.45) is 7.05 Å². The molecule has 0 aliphatic heterocycles. The Labute approximate surface area is 153 Å². The maximum absolute atomic E-state index is 10.7. The van der Waals surface area contributed by atoms with E-state index in [4.69, 9.17) is 21.4 Å². The lowest BCUT2D eigenvalue weighted by atomic mass is 10.2. The van der Waals surface area contributed by atoms with E-state index in [1.807, 2.05) is 18.5 Å². The van der Waals surface area contributed by atoms with Crippen LogP contribution in [0.15, 0.2) is 18.2 Å². The summed E-state index contributed by atoms with van der Waals surface area (Å²) in [7, 11) is 1.97. The molecule has 2 rings (SSSR count). The zero-order chi connectivity index (χ0) is 18.2. The Morgan fingerprint density at radius 1 is 1.40 bits per heavy atom. The number of aryl methyl sites for hydroxylation is 2. The molecule has 1 aromatic carbocycles. The van der Waals surface area contributed by atoms with E-state index in [1.165, 1.54) is 0 Å². The van der Waals surface area contributed by atoms with Crippen LogP contribution in [0.5, 0.6) is 0 Å². The summed E-state index contributed by atoms with van der Waals surface area (Å²) in [5, 5.41) is 8.78. The fraction of sp³-hybridized carbons (Fsp3) is 0.556. The Kier molecular flexibility index (Phi) is 7.52. The maximum atomic E-state index is 10.7. The van der Waals surface area contributed by atoms with Crippen molar-refractivity contribution >= 4 is 34.3 Å². The molecule has 1 aromatic heterocycles. The molecule has 0 saturated carbocycles. The predicted molar refractivity (Wildman–Crippen MR) is 101 cm³/mol. The Balaban J connectivity index is 2.17. The van der Waals surface area contributed by atoms with Crippen molar-refractivity contribution in [3.8, 4) is 0 Å². The molecule has 0 radical (unpaired) electrons. The number of alkyl halides is 1. The molecule has 0 aliphatic rings. The van der Waals surface area contributed by atoms with Gasteiger partial charge in [-0.05, 0) is 31.5 Å². The topological polar surface area (TPSA) is 67.6 Å². The van der Waals surface area contributed by atoms with E-state index in [0.717, 1.165) is 35.6 Å². The summed E-state index contributed by atoms with van der Waals surface area (Å²) in [6.45, 7) is 4.88. The maximum Gasteiger partial charge on any atom is 0.303 e. The number of aliphatic carboxylic acids is 1. The van der Waals surface area contributed by atoms with Crippen molar-refractivity contribution in [1.29, 1.82) is 0 Å². The molecule has 0 aliphatic carbocycles. The standard InChI is InChI=1S/C18H26ClN3O3/c1-3-25-12-11-22(10-9-19)14-7-8-16-15(13-14)20-17(21(16)2)5-4-6-18(23)24/h7-8,13H,3-6,9-12H2,1-2H3,(H,23,24). The molecule has 7 heteroatoms. The third kappa shape index (κ3) is 5.34. The van der Waals surface area contributed by atoms with Crippen LogP contribution >= 0.6 is 11.6 Å². The Bertz CT molecular complexity index is 702. The number of aromatic nitrogens is 2. The summed E-state index contributed by atoms with van der Waals surface area (Å²) in [6, 6.07) is 6.19. The largest absolute Gasteiger partial charge is 0.481 e. The lowest BCUT2D eigenvalue weighted by Crippen LogP contribution is -2.29. The minimum absolute atomic E-state index is 0.162. The molecular formula is C18H26ClN3O3. The molecular weight excluding hydrogens is 342 g/mol. The van der Waals surface area contributed by atoms with E-state index in [2.05, 4.69) is 28.1 Å². The molecule has 6 nitrogen and oxygen atoms in total. The van der Waals surface area contributed by atoms with Crippen molar-refractivity contribution in [2.45, 2.75) is 26.2 Å². The molecule has 0 amide bonds. The van der Waals surface area contributed by atoms with Crippen LogP contribution in [0.1, 0.15) is 25.6 Å². The van der Waals surface area contributed by atoms with Crippen molar-refractivity contribution in [2.75, 3.05) is 37.1 Å². The van der Waals surface area contributed by atoms with Gasteiger partial charge in [-0.15, -0.1) is 11.6 Å². The highest BCUT2D eigenvalue weighted by Gasteiger charge is 2.12. The highest BCUT2D eigenvalue weighted by Crippen LogP contribution is 2.23. The van der Waals surface area contributed by atoms with E-state index in [-0.39, 0.29) is 6.42 Å². The van der Waals surface area contributed by atoms with Gasteiger partial charge in [0.1, 0.15) is 5.82 Å². The molecule has 138 valence electrons. The molecule has 1 heterocycles. The van der Waals surface area contributed by atoms with Gasteiger partial charge in [-0.3, -0.25) is 4.79 Å². The number of rotatable bonds is 11. The normalized spacial score (nSPS) is 11.2. The lowest BCUT2D eigenvalue weighted by Gasteiger charge is -2.23. The van der Waals surface area contributed by atoms with E-state index in [9.17, 15) is 4.79 Å². The summed E-state index contributed by atoms with van der Waals surface area (Å²) >= 11 is 5.94. The zero-order valence-electron chi connectivity index (χ0n) is 14.9. The molecule has 0 unspecified atom stereocenters. The molecule has 25 heavy (non-hydrogen) atoms. The number of imidazole rings is 1. The molecule has 2 aromatic rings. The smallest absolute Gasteiger partial charge is 0.303 e. The second-order valence-electron chi connectivity index (χ2n) is 5.88. The van der Waals surface area contributed by atoms with E-state index >= 15 is 0 Å². The van der Waals surface area contributed by atoms with Gasteiger partial charge in [0.2, 0.25) is 0 Å². The van der Waals surface area contributed by atoms with Gasteiger partial charge in [0.15, 0.2) is 0 Å². The van der Waals surface area contributed by atoms with Crippen LogP contribution in [0.25, 0.3) is 11.0 Å². The third-order valence-corrected chi connectivity index (χ3v) is 4.35. The average Bonchev–Trinajstić information content (AvgIpc) is 2.89. The van der Waals surface area contributed by atoms with Gasteiger partial charge < -0.3 is 19.3 Å². The highest BCUT2D eigenvalue weighted by atomic mass is 35.5. The van der Waals surface area contributed by atoms with Crippen LogP contribution in [0.4, 0.5) is 5.69 Å². The van der Waals surface area contributed by atoms with Gasteiger partial charge in [-0.1, -0.05) is 0 Å². The third-order valence-electron chi connectivity index (χ3n) is 4.18. The number of hydrogen-bond acceptors (Lipinski definition) is 4. The quantitative estimate of drug-likeness (QED) is 0.488. The first-order valence-electron chi connectivity index (χ1n) is 8.62. The lowest BCUT2D eigenvalue weighted by molar-refractivity contribution is -0.137. The number of carbonyl (C=O) groups is 1. The van der Waals surface area contributed by atoms with Gasteiger partial charge in [0.25, 0.3) is 0 Å². The number of anilines is 1. The summed E-state index contributed by atoms with van der Waals surface area (Å²) in [4.78, 5) is 17.6. The second-order valence-corrected chi connectivity index (χ2v) is 6.26. The molecule has 0 saturated heterocycles. The van der Waals surface area contributed by atoms with Gasteiger partial charge in [0, 0.05) is 51.2 Å². The fourth-order valence-corrected chi connectivity index (χ4v) is 3.05. The Morgan fingerprint density at radius 2 is 2.20 bits per heavy atom. The highest BCUT2D eigenvalue weighted by molar-refractivity contribution is 6.18. The first-order valence-corrected chi connectivity index (χ1v) is 9.16. The van der Waals surface area contributed by atoms with Crippen LogP contribution in [0.2, 0.25) is 0 Å². The van der Waals surface area contributed by atoms with Crippen LogP contribution in [-0.4, -0.2) is 52.8 Å². The van der Waals surface area contributed by atoms with Crippen LogP contribution < -0.4 is 4.90 Å². The molecule has 0 fully saturated rings. The number of nitrogens with zero attached hydrogens (tertiary/aromatic N) is 3. The minimum Gasteiger partial charge on any atom is -0.481 e.